The summed E-state index contributed by atoms with van der Waals surface area (Å²) in [6, 6.07) is 1.76. The van der Waals surface area contributed by atoms with Crippen molar-refractivity contribution in [2.45, 2.75) is 39.7 Å². The van der Waals surface area contributed by atoms with Crippen LogP contribution in [0.5, 0.6) is 0 Å². The highest BCUT2D eigenvalue weighted by Gasteiger charge is 2.23. The van der Waals surface area contributed by atoms with Gasteiger partial charge in [0.15, 0.2) is 0 Å². The van der Waals surface area contributed by atoms with Gasteiger partial charge in [0, 0.05) is 17.8 Å². The molecule has 2 heterocycles. The maximum absolute atomic E-state index is 12.3. The number of aromatic nitrogens is 1. The van der Waals surface area contributed by atoms with E-state index in [2.05, 4.69) is 0 Å². The molecule has 0 saturated carbocycles. The maximum atomic E-state index is 12.3. The predicted molar refractivity (Wildman–Crippen MR) is 81.7 cm³/mol. The number of thioether (sulfide) groups is 1. The molecule has 0 spiro atoms. The Morgan fingerprint density at radius 2 is 2.05 bits per heavy atom. The van der Waals surface area contributed by atoms with E-state index in [-0.39, 0.29) is 17.6 Å². The van der Waals surface area contributed by atoms with Gasteiger partial charge in [-0.25, -0.2) is 4.79 Å². The number of esters is 1. The van der Waals surface area contributed by atoms with E-state index in [9.17, 15) is 9.59 Å². The average molecular weight is 295 g/mol. The molecular formula is C15H21NO3S. The van der Waals surface area contributed by atoms with E-state index in [1.54, 1.807) is 24.5 Å². The van der Waals surface area contributed by atoms with Gasteiger partial charge < -0.3 is 9.30 Å². The van der Waals surface area contributed by atoms with Gasteiger partial charge in [-0.05, 0) is 50.7 Å². The molecule has 1 fully saturated rings. The zero-order valence-electron chi connectivity index (χ0n) is 12.3. The van der Waals surface area contributed by atoms with Gasteiger partial charge in [0.25, 0.3) is 5.56 Å². The SMILES string of the molecule is CCOC(=O)c1c(C)cc(=O)n(C2CCSCC2)c1C. The molecule has 0 bridgehead atoms. The lowest BCUT2D eigenvalue weighted by Gasteiger charge is -2.27. The molecule has 1 saturated heterocycles. The standard InChI is InChI=1S/C15H21NO3S/c1-4-19-15(18)14-10(2)9-13(17)16(11(14)3)12-5-7-20-8-6-12/h9,12H,4-8H2,1-3H3. The van der Waals surface area contributed by atoms with Gasteiger partial charge in [0.1, 0.15) is 0 Å². The minimum Gasteiger partial charge on any atom is -0.462 e. The summed E-state index contributed by atoms with van der Waals surface area (Å²) in [4.78, 5) is 24.4. The Labute approximate surface area is 123 Å². The van der Waals surface area contributed by atoms with Crippen LogP contribution < -0.4 is 5.56 Å². The highest BCUT2D eigenvalue weighted by molar-refractivity contribution is 7.99. The fraction of sp³-hybridized carbons (Fsp3) is 0.600. The van der Waals surface area contributed by atoms with E-state index < -0.39 is 0 Å². The molecule has 2 rings (SSSR count). The summed E-state index contributed by atoms with van der Waals surface area (Å²) < 4.78 is 6.90. The molecular weight excluding hydrogens is 274 g/mol. The zero-order chi connectivity index (χ0) is 14.7. The number of aryl methyl sites for hydroxylation is 1. The highest BCUT2D eigenvalue weighted by Crippen LogP contribution is 2.28. The van der Waals surface area contributed by atoms with Crippen LogP contribution >= 0.6 is 11.8 Å². The molecule has 20 heavy (non-hydrogen) atoms. The second-order valence-corrected chi connectivity index (χ2v) is 6.28. The van der Waals surface area contributed by atoms with Crippen molar-refractivity contribution in [2.24, 2.45) is 0 Å². The van der Waals surface area contributed by atoms with E-state index in [1.807, 2.05) is 18.7 Å². The molecule has 0 aliphatic carbocycles. The van der Waals surface area contributed by atoms with Crippen LogP contribution in [-0.2, 0) is 4.74 Å². The van der Waals surface area contributed by atoms with Crippen LogP contribution in [0, 0.1) is 13.8 Å². The Bertz CT molecular complexity index is 559. The lowest BCUT2D eigenvalue weighted by atomic mass is 10.0. The highest BCUT2D eigenvalue weighted by atomic mass is 32.2. The Morgan fingerprint density at radius 3 is 2.65 bits per heavy atom. The number of hydrogen-bond donors (Lipinski definition) is 0. The van der Waals surface area contributed by atoms with E-state index in [4.69, 9.17) is 4.74 Å². The van der Waals surface area contributed by atoms with Crippen LogP contribution in [-0.4, -0.2) is 28.6 Å². The minimum absolute atomic E-state index is 0.00931. The molecule has 0 aromatic carbocycles. The van der Waals surface area contributed by atoms with Crippen LogP contribution in [0.25, 0.3) is 0 Å². The molecule has 110 valence electrons. The first kappa shape index (κ1) is 15.2. The van der Waals surface area contributed by atoms with Gasteiger partial charge in [0.2, 0.25) is 0 Å². The summed E-state index contributed by atoms with van der Waals surface area (Å²) in [5.41, 5.74) is 1.98. The van der Waals surface area contributed by atoms with E-state index >= 15 is 0 Å². The number of rotatable bonds is 3. The van der Waals surface area contributed by atoms with Crippen molar-refractivity contribution in [1.82, 2.24) is 4.57 Å². The number of hydrogen-bond acceptors (Lipinski definition) is 4. The molecule has 0 atom stereocenters. The first-order valence-electron chi connectivity index (χ1n) is 7.03. The molecule has 0 unspecified atom stereocenters. The fourth-order valence-corrected chi connectivity index (χ4v) is 3.89. The average Bonchev–Trinajstić information content (AvgIpc) is 2.39. The summed E-state index contributed by atoms with van der Waals surface area (Å²) in [6.45, 7) is 5.78. The second kappa shape index (κ2) is 6.48. The molecule has 0 N–H and O–H groups in total. The van der Waals surface area contributed by atoms with E-state index in [0.717, 1.165) is 30.0 Å². The Hall–Kier alpha value is -1.23. The second-order valence-electron chi connectivity index (χ2n) is 5.06. The number of pyridine rings is 1. The third-order valence-electron chi connectivity index (χ3n) is 3.73. The third-order valence-corrected chi connectivity index (χ3v) is 4.78. The topological polar surface area (TPSA) is 48.3 Å². The molecule has 1 aliphatic heterocycles. The van der Waals surface area contributed by atoms with Crippen molar-refractivity contribution in [2.75, 3.05) is 18.1 Å². The molecule has 0 amide bonds. The van der Waals surface area contributed by atoms with Gasteiger partial charge in [-0.15, -0.1) is 0 Å². The van der Waals surface area contributed by atoms with Gasteiger partial charge in [-0.1, -0.05) is 0 Å². The van der Waals surface area contributed by atoms with E-state index in [0.29, 0.717) is 17.7 Å². The largest absolute Gasteiger partial charge is 0.462 e. The normalized spacial score (nSPS) is 16.1. The van der Waals surface area contributed by atoms with Gasteiger partial charge >= 0.3 is 5.97 Å². The van der Waals surface area contributed by atoms with Crippen molar-refractivity contribution >= 4 is 17.7 Å². The van der Waals surface area contributed by atoms with Crippen LogP contribution in [0.4, 0.5) is 0 Å². The Morgan fingerprint density at radius 1 is 1.40 bits per heavy atom. The maximum Gasteiger partial charge on any atom is 0.340 e. The van der Waals surface area contributed by atoms with Crippen molar-refractivity contribution < 1.29 is 9.53 Å². The van der Waals surface area contributed by atoms with Crippen molar-refractivity contribution in [3.63, 3.8) is 0 Å². The van der Waals surface area contributed by atoms with Crippen molar-refractivity contribution in [3.8, 4) is 0 Å². The van der Waals surface area contributed by atoms with Crippen LogP contribution in [0.1, 0.15) is 47.4 Å². The zero-order valence-corrected chi connectivity index (χ0v) is 13.1. The molecule has 1 aromatic rings. The summed E-state index contributed by atoms with van der Waals surface area (Å²) in [6.07, 6.45) is 1.97. The Balaban J connectivity index is 2.49. The summed E-state index contributed by atoms with van der Waals surface area (Å²) in [7, 11) is 0. The smallest absolute Gasteiger partial charge is 0.340 e. The number of carbonyl (C=O) groups excluding carboxylic acids is 1. The first-order valence-corrected chi connectivity index (χ1v) is 8.19. The minimum atomic E-state index is -0.332. The quantitative estimate of drug-likeness (QED) is 0.805. The molecule has 1 aromatic heterocycles. The van der Waals surface area contributed by atoms with Crippen molar-refractivity contribution in [1.29, 1.82) is 0 Å². The predicted octanol–water partition coefficient (Wildman–Crippen LogP) is 2.71. The monoisotopic (exact) mass is 295 g/mol. The molecule has 0 radical (unpaired) electrons. The summed E-state index contributed by atoms with van der Waals surface area (Å²) in [5.74, 6) is 1.81. The first-order chi connectivity index (χ1) is 9.56. The third kappa shape index (κ3) is 2.92. The molecule has 1 aliphatic rings. The Kier molecular flexibility index (Phi) is 4.91. The lowest BCUT2D eigenvalue weighted by Crippen LogP contribution is -2.31. The number of nitrogens with zero attached hydrogens (tertiary/aromatic N) is 1. The van der Waals surface area contributed by atoms with Crippen LogP contribution in [0.2, 0.25) is 0 Å². The lowest BCUT2D eigenvalue weighted by molar-refractivity contribution is 0.0523. The van der Waals surface area contributed by atoms with Crippen molar-refractivity contribution in [3.05, 3.63) is 33.2 Å². The summed E-state index contributed by atoms with van der Waals surface area (Å²) in [5, 5.41) is 0. The molecule has 5 heteroatoms. The van der Waals surface area contributed by atoms with Gasteiger partial charge in [-0.2, -0.15) is 11.8 Å². The molecule has 4 nitrogen and oxygen atoms in total. The van der Waals surface area contributed by atoms with Gasteiger partial charge in [0.05, 0.1) is 12.2 Å². The van der Waals surface area contributed by atoms with E-state index in [1.165, 1.54) is 0 Å². The van der Waals surface area contributed by atoms with Gasteiger partial charge in [-0.3, -0.25) is 4.79 Å². The van der Waals surface area contributed by atoms with Crippen LogP contribution in [0.15, 0.2) is 10.9 Å². The van der Waals surface area contributed by atoms with Crippen LogP contribution in [0.3, 0.4) is 0 Å². The number of ether oxygens (including phenoxy) is 1. The number of carbonyl (C=O) groups is 1. The summed E-state index contributed by atoms with van der Waals surface area (Å²) >= 11 is 1.92. The fourth-order valence-electron chi connectivity index (χ4n) is 2.81.